The van der Waals surface area contributed by atoms with Gasteiger partial charge in [-0.15, -0.1) is 0 Å². The molecule has 0 atom stereocenters. The molecule has 0 heterocycles. The number of nitro benzene ring substituents is 1. The number of methoxy groups -OCH3 is 1. The molecule has 27 heavy (non-hydrogen) atoms. The molecular formula is C20H24N2O5. The van der Waals surface area contributed by atoms with Crippen LogP contribution in [-0.2, 0) is 24.2 Å². The van der Waals surface area contributed by atoms with Crippen LogP contribution in [-0.4, -0.2) is 24.5 Å². The minimum absolute atomic E-state index is 0.0851. The van der Waals surface area contributed by atoms with Crippen molar-refractivity contribution < 1.29 is 19.2 Å². The SMILES string of the molecule is CCc1ccc(CC)c(CNC(=O)COc2ccc([N+](=O)[O-])c(OC)c2)c1. The molecule has 7 heteroatoms. The molecular weight excluding hydrogens is 348 g/mol. The van der Waals surface area contributed by atoms with Crippen molar-refractivity contribution in [1.82, 2.24) is 5.32 Å². The maximum Gasteiger partial charge on any atom is 0.311 e. The number of nitro groups is 1. The van der Waals surface area contributed by atoms with Gasteiger partial charge < -0.3 is 14.8 Å². The lowest BCUT2D eigenvalue weighted by Gasteiger charge is -2.12. The van der Waals surface area contributed by atoms with E-state index in [4.69, 9.17) is 9.47 Å². The summed E-state index contributed by atoms with van der Waals surface area (Å²) >= 11 is 0. The van der Waals surface area contributed by atoms with E-state index in [1.54, 1.807) is 0 Å². The van der Waals surface area contributed by atoms with Crippen molar-refractivity contribution in [2.45, 2.75) is 33.2 Å². The van der Waals surface area contributed by atoms with Crippen LogP contribution in [0.1, 0.15) is 30.5 Å². The van der Waals surface area contributed by atoms with Crippen LogP contribution in [0.5, 0.6) is 11.5 Å². The summed E-state index contributed by atoms with van der Waals surface area (Å²) in [5.74, 6) is 0.146. The summed E-state index contributed by atoms with van der Waals surface area (Å²) in [6, 6.07) is 10.4. The molecule has 0 radical (unpaired) electrons. The molecule has 2 aromatic rings. The standard InChI is InChI=1S/C20H24N2O5/c1-4-14-6-7-15(5-2)16(10-14)12-21-20(23)13-27-17-8-9-18(22(24)25)19(11-17)26-3/h6-11H,4-5,12-13H2,1-3H3,(H,21,23). The van der Waals surface area contributed by atoms with Gasteiger partial charge in [-0.05, 0) is 35.6 Å². The first-order valence-corrected chi connectivity index (χ1v) is 8.81. The predicted octanol–water partition coefficient (Wildman–Crippen LogP) is 3.42. The molecule has 0 aliphatic heterocycles. The van der Waals surface area contributed by atoms with Gasteiger partial charge in [-0.25, -0.2) is 0 Å². The van der Waals surface area contributed by atoms with E-state index in [-0.39, 0.29) is 24.0 Å². The zero-order valence-corrected chi connectivity index (χ0v) is 15.8. The lowest BCUT2D eigenvalue weighted by molar-refractivity contribution is -0.385. The number of nitrogens with one attached hydrogen (secondary N) is 1. The summed E-state index contributed by atoms with van der Waals surface area (Å²) in [7, 11) is 1.34. The molecule has 0 aliphatic carbocycles. The summed E-state index contributed by atoms with van der Waals surface area (Å²) < 4.78 is 10.4. The summed E-state index contributed by atoms with van der Waals surface area (Å²) in [5, 5.41) is 13.7. The fourth-order valence-electron chi connectivity index (χ4n) is 2.70. The van der Waals surface area contributed by atoms with Crippen LogP contribution in [0.25, 0.3) is 0 Å². The van der Waals surface area contributed by atoms with Gasteiger partial charge in [0.25, 0.3) is 5.91 Å². The topological polar surface area (TPSA) is 90.7 Å². The van der Waals surface area contributed by atoms with E-state index in [1.807, 2.05) is 0 Å². The monoisotopic (exact) mass is 372 g/mol. The normalized spacial score (nSPS) is 10.3. The summed E-state index contributed by atoms with van der Waals surface area (Å²) in [5.41, 5.74) is 3.37. The van der Waals surface area contributed by atoms with Crippen LogP contribution in [0, 0.1) is 10.1 Å². The van der Waals surface area contributed by atoms with Crippen molar-refractivity contribution >= 4 is 11.6 Å². The average Bonchev–Trinajstić information content (AvgIpc) is 2.69. The Labute approximate surface area is 158 Å². The van der Waals surface area contributed by atoms with E-state index < -0.39 is 4.92 Å². The number of aryl methyl sites for hydroxylation is 2. The number of hydrogen-bond acceptors (Lipinski definition) is 5. The summed E-state index contributed by atoms with van der Waals surface area (Å²) in [6.07, 6.45) is 1.84. The van der Waals surface area contributed by atoms with Gasteiger partial charge >= 0.3 is 5.69 Å². The second-order valence-electron chi connectivity index (χ2n) is 5.97. The number of benzene rings is 2. The molecule has 0 aliphatic rings. The lowest BCUT2D eigenvalue weighted by atomic mass is 10.0. The Kier molecular flexibility index (Phi) is 7.16. The van der Waals surface area contributed by atoms with Crippen molar-refractivity contribution in [2.75, 3.05) is 13.7 Å². The second-order valence-corrected chi connectivity index (χ2v) is 5.97. The largest absolute Gasteiger partial charge is 0.490 e. The number of hydrogen-bond donors (Lipinski definition) is 1. The quantitative estimate of drug-likeness (QED) is 0.538. The molecule has 1 amide bonds. The third-order valence-corrected chi connectivity index (χ3v) is 4.25. The van der Waals surface area contributed by atoms with E-state index in [2.05, 4.69) is 37.4 Å². The van der Waals surface area contributed by atoms with Gasteiger partial charge in [-0.2, -0.15) is 0 Å². The molecule has 0 aromatic heterocycles. The first kappa shape index (κ1) is 20.2. The molecule has 2 rings (SSSR count). The minimum atomic E-state index is -0.537. The Morgan fingerprint density at radius 3 is 2.52 bits per heavy atom. The number of rotatable bonds is 9. The minimum Gasteiger partial charge on any atom is -0.490 e. The van der Waals surface area contributed by atoms with Crippen molar-refractivity contribution in [1.29, 1.82) is 0 Å². The smallest absolute Gasteiger partial charge is 0.311 e. The van der Waals surface area contributed by atoms with E-state index in [1.165, 1.54) is 36.4 Å². The predicted molar refractivity (Wildman–Crippen MR) is 102 cm³/mol. The fourth-order valence-corrected chi connectivity index (χ4v) is 2.70. The highest BCUT2D eigenvalue weighted by atomic mass is 16.6. The average molecular weight is 372 g/mol. The van der Waals surface area contributed by atoms with Gasteiger partial charge in [0.2, 0.25) is 5.75 Å². The highest BCUT2D eigenvalue weighted by Crippen LogP contribution is 2.30. The number of amides is 1. The lowest BCUT2D eigenvalue weighted by Crippen LogP contribution is -2.28. The number of carbonyl (C=O) groups is 1. The van der Waals surface area contributed by atoms with Crippen molar-refractivity contribution in [3.63, 3.8) is 0 Å². The van der Waals surface area contributed by atoms with Crippen molar-refractivity contribution in [3.05, 3.63) is 63.2 Å². The van der Waals surface area contributed by atoms with E-state index in [0.29, 0.717) is 12.3 Å². The van der Waals surface area contributed by atoms with Gasteiger partial charge in [-0.3, -0.25) is 14.9 Å². The molecule has 2 aromatic carbocycles. The van der Waals surface area contributed by atoms with Crippen LogP contribution >= 0.6 is 0 Å². The zero-order chi connectivity index (χ0) is 19.8. The molecule has 0 unspecified atom stereocenters. The second kappa shape index (κ2) is 9.56. The molecule has 144 valence electrons. The highest BCUT2D eigenvalue weighted by Gasteiger charge is 2.15. The first-order chi connectivity index (χ1) is 13.0. The summed E-state index contributed by atoms with van der Waals surface area (Å²) in [6.45, 7) is 4.42. The molecule has 1 N–H and O–H groups in total. The zero-order valence-electron chi connectivity index (χ0n) is 15.8. The third kappa shape index (κ3) is 5.44. The first-order valence-electron chi connectivity index (χ1n) is 8.81. The van der Waals surface area contributed by atoms with Gasteiger partial charge in [0.1, 0.15) is 5.75 Å². The number of nitrogens with zero attached hydrogens (tertiary/aromatic N) is 1. The van der Waals surface area contributed by atoms with E-state index in [0.717, 1.165) is 18.4 Å². The van der Waals surface area contributed by atoms with Gasteiger partial charge in [0, 0.05) is 18.7 Å². The maximum atomic E-state index is 12.1. The molecule has 0 saturated carbocycles. The van der Waals surface area contributed by atoms with Gasteiger partial charge in [0.05, 0.1) is 12.0 Å². The number of carbonyl (C=O) groups excluding carboxylic acids is 1. The Bertz CT molecular complexity index is 820. The molecule has 0 spiro atoms. The number of ether oxygens (including phenoxy) is 2. The van der Waals surface area contributed by atoms with Crippen LogP contribution in [0.15, 0.2) is 36.4 Å². The van der Waals surface area contributed by atoms with E-state index >= 15 is 0 Å². The summed E-state index contributed by atoms with van der Waals surface area (Å²) in [4.78, 5) is 22.5. The van der Waals surface area contributed by atoms with E-state index in [9.17, 15) is 14.9 Å². The van der Waals surface area contributed by atoms with Gasteiger partial charge in [0.15, 0.2) is 6.61 Å². The molecule has 0 fully saturated rings. The third-order valence-electron chi connectivity index (χ3n) is 4.25. The Morgan fingerprint density at radius 1 is 1.11 bits per heavy atom. The van der Waals surface area contributed by atoms with Crippen LogP contribution in [0.3, 0.4) is 0 Å². The Balaban J connectivity index is 1.94. The van der Waals surface area contributed by atoms with Gasteiger partial charge in [-0.1, -0.05) is 32.0 Å². The maximum absolute atomic E-state index is 12.1. The highest BCUT2D eigenvalue weighted by molar-refractivity contribution is 5.77. The molecule has 0 bridgehead atoms. The molecule has 0 saturated heterocycles. The Hall–Kier alpha value is -3.09. The van der Waals surface area contributed by atoms with Crippen molar-refractivity contribution in [3.8, 4) is 11.5 Å². The molecule has 7 nitrogen and oxygen atoms in total. The van der Waals surface area contributed by atoms with Crippen molar-refractivity contribution in [2.24, 2.45) is 0 Å². The van der Waals surface area contributed by atoms with Crippen LogP contribution in [0.4, 0.5) is 5.69 Å². The van der Waals surface area contributed by atoms with Crippen LogP contribution < -0.4 is 14.8 Å². The fraction of sp³-hybridized carbons (Fsp3) is 0.350. The van der Waals surface area contributed by atoms with Crippen LogP contribution in [0.2, 0.25) is 0 Å². The Morgan fingerprint density at radius 2 is 1.89 bits per heavy atom.